The molecule has 2 N–H and O–H groups in total. The second-order valence-corrected chi connectivity index (χ2v) is 7.25. The van der Waals surface area contributed by atoms with Crippen LogP contribution in [0.4, 0.5) is 0 Å². The minimum absolute atomic E-state index is 0.00979. The van der Waals surface area contributed by atoms with Crippen molar-refractivity contribution >= 4 is 16.9 Å². The van der Waals surface area contributed by atoms with E-state index in [0.29, 0.717) is 25.8 Å². The number of rotatable bonds is 4. The van der Waals surface area contributed by atoms with Gasteiger partial charge in [-0.1, -0.05) is 12.1 Å². The highest BCUT2D eigenvalue weighted by molar-refractivity contribution is 5.78. The molecular weight excluding hydrogens is 318 g/mol. The Morgan fingerprint density at radius 3 is 3.08 bits per heavy atom. The number of aliphatic hydroxyl groups is 1. The molecule has 1 aromatic carbocycles. The van der Waals surface area contributed by atoms with Crippen LogP contribution in [0.15, 0.2) is 24.3 Å². The van der Waals surface area contributed by atoms with Gasteiger partial charge in [-0.05, 0) is 37.8 Å². The maximum absolute atomic E-state index is 12.8. The predicted octanol–water partition coefficient (Wildman–Crippen LogP) is 2.03. The molecule has 0 bridgehead atoms. The summed E-state index contributed by atoms with van der Waals surface area (Å²) in [6.45, 7) is 0.712. The lowest BCUT2D eigenvalue weighted by atomic mass is 9.79. The highest BCUT2D eigenvalue weighted by Crippen LogP contribution is 2.42. The van der Waals surface area contributed by atoms with Crippen molar-refractivity contribution in [1.29, 1.82) is 0 Å². The maximum atomic E-state index is 12.8. The summed E-state index contributed by atoms with van der Waals surface area (Å²) in [7, 11) is 1.73. The minimum Gasteiger partial charge on any atom is -0.393 e. The monoisotopic (exact) mass is 343 g/mol. The molecule has 2 aromatic rings. The number of aromatic amines is 1. The van der Waals surface area contributed by atoms with Crippen molar-refractivity contribution in [3.05, 3.63) is 30.1 Å². The van der Waals surface area contributed by atoms with Crippen LogP contribution < -0.4 is 0 Å². The number of aryl methyl sites for hydroxylation is 1. The number of amides is 1. The van der Waals surface area contributed by atoms with Crippen LogP contribution in [0.5, 0.6) is 0 Å². The van der Waals surface area contributed by atoms with Gasteiger partial charge in [-0.2, -0.15) is 0 Å². The van der Waals surface area contributed by atoms with Crippen molar-refractivity contribution in [2.75, 3.05) is 13.7 Å². The summed E-state index contributed by atoms with van der Waals surface area (Å²) in [6, 6.07) is 7.88. The summed E-state index contributed by atoms with van der Waals surface area (Å²) in [5.41, 5.74) is 1.66. The number of hydrogen-bond donors (Lipinski definition) is 2. The Morgan fingerprint density at radius 2 is 2.28 bits per heavy atom. The number of hydrogen-bond acceptors (Lipinski definition) is 4. The standard InChI is InChI=1S/C19H25N3O3/c1-25-19-9-8-13(23)12-16(19)22(11-10-19)18(24)7-6-17-20-14-4-2-3-5-15(14)21-17/h2-5,13,16,23H,6-12H2,1H3,(H,20,21)/t13-,16-,19+/m0/s1. The van der Waals surface area contributed by atoms with Crippen LogP contribution in [0, 0.1) is 0 Å². The molecule has 1 saturated carbocycles. The quantitative estimate of drug-likeness (QED) is 0.890. The Labute approximate surface area is 147 Å². The van der Waals surface area contributed by atoms with Crippen LogP contribution in [-0.4, -0.2) is 57.3 Å². The zero-order valence-electron chi connectivity index (χ0n) is 14.6. The van der Waals surface area contributed by atoms with E-state index in [1.807, 2.05) is 29.2 Å². The van der Waals surface area contributed by atoms with Gasteiger partial charge in [0.05, 0.1) is 28.8 Å². The number of aliphatic hydroxyl groups excluding tert-OH is 1. The fourth-order valence-electron chi connectivity index (χ4n) is 4.47. The van der Waals surface area contributed by atoms with E-state index in [4.69, 9.17) is 4.74 Å². The number of likely N-dealkylation sites (tertiary alicyclic amines) is 1. The number of carbonyl (C=O) groups excluding carboxylic acids is 1. The Kier molecular flexibility index (Phi) is 4.25. The third kappa shape index (κ3) is 2.93. The van der Waals surface area contributed by atoms with E-state index >= 15 is 0 Å². The van der Waals surface area contributed by atoms with Crippen molar-refractivity contribution in [1.82, 2.24) is 14.9 Å². The molecule has 2 aliphatic rings. The van der Waals surface area contributed by atoms with Gasteiger partial charge < -0.3 is 19.7 Å². The number of H-pyrrole nitrogens is 1. The maximum Gasteiger partial charge on any atom is 0.223 e. The summed E-state index contributed by atoms with van der Waals surface area (Å²) in [4.78, 5) is 22.5. The van der Waals surface area contributed by atoms with Crippen LogP contribution >= 0.6 is 0 Å². The van der Waals surface area contributed by atoms with E-state index in [-0.39, 0.29) is 23.7 Å². The average Bonchev–Trinajstić information content (AvgIpc) is 3.21. The topological polar surface area (TPSA) is 78.5 Å². The lowest BCUT2D eigenvalue weighted by Crippen LogP contribution is -2.52. The Balaban J connectivity index is 1.44. The van der Waals surface area contributed by atoms with Gasteiger partial charge in [-0.15, -0.1) is 0 Å². The molecule has 1 aliphatic carbocycles. The second kappa shape index (κ2) is 6.42. The highest BCUT2D eigenvalue weighted by Gasteiger charge is 2.52. The van der Waals surface area contributed by atoms with Gasteiger partial charge in [0, 0.05) is 26.5 Å². The van der Waals surface area contributed by atoms with Crippen molar-refractivity contribution in [2.45, 2.75) is 56.3 Å². The summed E-state index contributed by atoms with van der Waals surface area (Å²) in [5, 5.41) is 10.0. The third-order valence-electron chi connectivity index (χ3n) is 5.90. The number of ether oxygens (including phenoxy) is 1. The number of carbonyl (C=O) groups is 1. The number of benzene rings is 1. The minimum atomic E-state index is -0.336. The molecular formula is C19H25N3O3. The van der Waals surface area contributed by atoms with Crippen molar-refractivity contribution in [2.24, 2.45) is 0 Å². The molecule has 1 aliphatic heterocycles. The Hall–Kier alpha value is -1.92. The van der Waals surface area contributed by atoms with E-state index in [1.165, 1.54) is 0 Å². The molecule has 1 aromatic heterocycles. The second-order valence-electron chi connectivity index (χ2n) is 7.25. The number of nitrogens with one attached hydrogen (secondary N) is 1. The first kappa shape index (κ1) is 16.5. The van der Waals surface area contributed by atoms with E-state index in [9.17, 15) is 9.90 Å². The molecule has 6 nitrogen and oxygen atoms in total. The molecule has 1 amide bonds. The first-order valence-electron chi connectivity index (χ1n) is 9.07. The molecule has 4 rings (SSSR count). The number of methoxy groups -OCH3 is 1. The molecule has 1 saturated heterocycles. The van der Waals surface area contributed by atoms with Gasteiger partial charge in [0.2, 0.25) is 5.91 Å². The zero-order valence-corrected chi connectivity index (χ0v) is 14.6. The van der Waals surface area contributed by atoms with Crippen molar-refractivity contribution in [3.8, 4) is 0 Å². The summed E-state index contributed by atoms with van der Waals surface area (Å²) in [5.74, 6) is 0.967. The Morgan fingerprint density at radius 1 is 1.44 bits per heavy atom. The van der Waals surface area contributed by atoms with E-state index in [2.05, 4.69) is 9.97 Å². The molecule has 25 heavy (non-hydrogen) atoms. The highest BCUT2D eigenvalue weighted by atomic mass is 16.5. The first-order valence-corrected chi connectivity index (χ1v) is 9.07. The number of nitrogens with zero attached hydrogens (tertiary/aromatic N) is 2. The van der Waals surface area contributed by atoms with Gasteiger partial charge in [0.25, 0.3) is 0 Å². The number of fused-ring (bicyclic) bond motifs is 2. The van der Waals surface area contributed by atoms with Crippen LogP contribution in [-0.2, 0) is 16.0 Å². The van der Waals surface area contributed by atoms with E-state index < -0.39 is 0 Å². The summed E-state index contributed by atoms with van der Waals surface area (Å²) in [6.07, 6.45) is 3.73. The van der Waals surface area contributed by atoms with Gasteiger partial charge in [-0.25, -0.2) is 4.98 Å². The first-order chi connectivity index (χ1) is 12.1. The fourth-order valence-corrected chi connectivity index (χ4v) is 4.47. The number of para-hydroxylation sites is 2. The van der Waals surface area contributed by atoms with E-state index in [1.54, 1.807) is 7.11 Å². The van der Waals surface area contributed by atoms with Gasteiger partial charge in [-0.3, -0.25) is 4.79 Å². The fraction of sp³-hybridized carbons (Fsp3) is 0.579. The summed E-state index contributed by atoms with van der Waals surface area (Å²) >= 11 is 0. The molecule has 134 valence electrons. The molecule has 2 fully saturated rings. The third-order valence-corrected chi connectivity index (χ3v) is 5.90. The van der Waals surface area contributed by atoms with E-state index in [0.717, 1.165) is 36.1 Å². The van der Waals surface area contributed by atoms with Gasteiger partial charge in [0.15, 0.2) is 0 Å². The number of imidazole rings is 1. The van der Waals surface area contributed by atoms with Crippen molar-refractivity contribution < 1.29 is 14.6 Å². The smallest absolute Gasteiger partial charge is 0.223 e. The van der Waals surface area contributed by atoms with Crippen molar-refractivity contribution in [3.63, 3.8) is 0 Å². The lowest BCUT2D eigenvalue weighted by Gasteiger charge is -2.42. The van der Waals surface area contributed by atoms with Crippen LogP contribution in [0.3, 0.4) is 0 Å². The van der Waals surface area contributed by atoms with Crippen LogP contribution in [0.25, 0.3) is 11.0 Å². The molecule has 0 radical (unpaired) electrons. The molecule has 0 unspecified atom stereocenters. The average molecular weight is 343 g/mol. The largest absolute Gasteiger partial charge is 0.393 e. The Bertz CT molecular complexity index is 741. The molecule has 2 heterocycles. The summed E-state index contributed by atoms with van der Waals surface area (Å²) < 4.78 is 5.81. The zero-order chi connectivity index (χ0) is 17.4. The molecule has 3 atom stereocenters. The SMILES string of the molecule is CO[C@@]12CC[C@H](O)C[C@@H]1N(C(=O)CCc1nc3ccccc3[nH]1)CC2. The number of aromatic nitrogens is 2. The van der Waals surface area contributed by atoms with Crippen LogP contribution in [0.2, 0.25) is 0 Å². The van der Waals surface area contributed by atoms with Gasteiger partial charge in [0.1, 0.15) is 5.82 Å². The van der Waals surface area contributed by atoms with Gasteiger partial charge >= 0.3 is 0 Å². The molecule has 6 heteroatoms. The lowest BCUT2D eigenvalue weighted by molar-refractivity contribution is -0.139. The molecule has 0 spiro atoms. The normalized spacial score (nSPS) is 29.1. The predicted molar refractivity (Wildman–Crippen MR) is 94.1 cm³/mol. The van der Waals surface area contributed by atoms with Crippen LogP contribution in [0.1, 0.15) is 37.9 Å².